The Bertz CT molecular complexity index is 752. The Morgan fingerprint density at radius 2 is 1.92 bits per heavy atom. The molecule has 6 atom stereocenters. The number of esters is 1. The SMILES string of the molecule is C[C@@]12CC/C(=N\O)C=C1C=C[C@H]1[C@H]2CC[C@]2(C)[C@@H]1CC[C@@]21CCC(=O)O1. The van der Waals surface area contributed by atoms with Gasteiger partial charge in [0.25, 0.3) is 0 Å². The highest BCUT2D eigenvalue weighted by Crippen LogP contribution is 2.68. The van der Waals surface area contributed by atoms with Gasteiger partial charge in [0.2, 0.25) is 0 Å². The maximum atomic E-state index is 11.9. The molecule has 1 N–H and O–H groups in total. The molecule has 4 heteroatoms. The Balaban J connectivity index is 1.52. The van der Waals surface area contributed by atoms with E-state index in [4.69, 9.17) is 4.74 Å². The third-order valence-electron chi connectivity index (χ3n) is 8.99. The van der Waals surface area contributed by atoms with E-state index in [0.717, 1.165) is 37.8 Å². The molecule has 4 nitrogen and oxygen atoms in total. The maximum absolute atomic E-state index is 11.9. The lowest BCUT2D eigenvalue weighted by Crippen LogP contribution is -2.53. The summed E-state index contributed by atoms with van der Waals surface area (Å²) >= 11 is 0. The number of hydrogen-bond acceptors (Lipinski definition) is 4. The second-order valence-corrected chi connectivity index (χ2v) is 9.72. The fourth-order valence-electron chi connectivity index (χ4n) is 7.38. The monoisotopic (exact) mass is 355 g/mol. The summed E-state index contributed by atoms with van der Waals surface area (Å²) in [5.74, 6) is 1.83. The lowest BCUT2D eigenvalue weighted by Gasteiger charge is -2.57. The zero-order valence-electron chi connectivity index (χ0n) is 15.8. The van der Waals surface area contributed by atoms with Gasteiger partial charge in [0.05, 0.1) is 5.71 Å². The second-order valence-electron chi connectivity index (χ2n) is 9.72. The summed E-state index contributed by atoms with van der Waals surface area (Å²) in [6, 6.07) is 0. The normalized spacial score (nSPS) is 51.0. The average Bonchev–Trinajstić information content (AvgIpc) is 3.15. The average molecular weight is 355 g/mol. The fraction of sp³-hybridized carbons (Fsp3) is 0.727. The Morgan fingerprint density at radius 3 is 2.65 bits per heavy atom. The minimum atomic E-state index is -0.201. The van der Waals surface area contributed by atoms with Crippen molar-refractivity contribution in [1.29, 1.82) is 0 Å². The number of fused-ring (bicyclic) bond motifs is 6. The smallest absolute Gasteiger partial charge is 0.306 e. The van der Waals surface area contributed by atoms with Crippen molar-refractivity contribution < 1.29 is 14.7 Å². The minimum absolute atomic E-state index is 0.00784. The molecule has 0 unspecified atom stereocenters. The van der Waals surface area contributed by atoms with Crippen LogP contribution < -0.4 is 0 Å². The van der Waals surface area contributed by atoms with Crippen LogP contribution in [0.3, 0.4) is 0 Å². The zero-order chi connectivity index (χ0) is 18.2. The van der Waals surface area contributed by atoms with E-state index in [2.05, 4.69) is 37.2 Å². The summed E-state index contributed by atoms with van der Waals surface area (Å²) in [6.07, 6.45) is 14.8. The summed E-state index contributed by atoms with van der Waals surface area (Å²) in [4.78, 5) is 11.9. The first-order chi connectivity index (χ1) is 12.4. The van der Waals surface area contributed by atoms with Crippen molar-refractivity contribution in [3.8, 4) is 0 Å². The van der Waals surface area contributed by atoms with Gasteiger partial charge in [0.15, 0.2) is 0 Å². The van der Waals surface area contributed by atoms with Crippen LogP contribution in [0.2, 0.25) is 0 Å². The molecule has 0 aromatic heterocycles. The molecule has 2 saturated carbocycles. The molecule has 0 aromatic rings. The van der Waals surface area contributed by atoms with Crippen molar-refractivity contribution in [1.82, 2.24) is 0 Å². The van der Waals surface area contributed by atoms with Crippen LogP contribution in [0.5, 0.6) is 0 Å². The first kappa shape index (κ1) is 16.6. The van der Waals surface area contributed by atoms with Gasteiger partial charge in [-0.25, -0.2) is 0 Å². The summed E-state index contributed by atoms with van der Waals surface area (Å²) in [5, 5.41) is 12.6. The lowest BCUT2D eigenvalue weighted by molar-refractivity contribution is -0.165. The van der Waals surface area contributed by atoms with E-state index >= 15 is 0 Å². The summed E-state index contributed by atoms with van der Waals surface area (Å²) in [7, 11) is 0. The van der Waals surface area contributed by atoms with Crippen LogP contribution in [-0.4, -0.2) is 22.5 Å². The first-order valence-electron chi connectivity index (χ1n) is 10.3. The van der Waals surface area contributed by atoms with Crippen molar-refractivity contribution in [2.75, 3.05) is 0 Å². The number of oxime groups is 1. The molecule has 1 heterocycles. The molecular formula is C22H29NO3. The van der Waals surface area contributed by atoms with Crippen LogP contribution >= 0.6 is 0 Å². The van der Waals surface area contributed by atoms with E-state index in [0.29, 0.717) is 24.2 Å². The fourth-order valence-corrected chi connectivity index (χ4v) is 7.38. The molecule has 0 bridgehead atoms. The summed E-state index contributed by atoms with van der Waals surface area (Å²) in [6.45, 7) is 4.82. The van der Waals surface area contributed by atoms with E-state index in [1.54, 1.807) is 0 Å². The topological polar surface area (TPSA) is 58.9 Å². The number of carbonyl (C=O) groups excluding carboxylic acids is 1. The quantitative estimate of drug-likeness (QED) is 0.391. The minimum Gasteiger partial charge on any atom is -0.458 e. The van der Waals surface area contributed by atoms with Gasteiger partial charge in [-0.2, -0.15) is 0 Å². The Hall–Kier alpha value is -1.58. The molecule has 0 amide bonds. The van der Waals surface area contributed by atoms with Gasteiger partial charge in [0, 0.05) is 11.8 Å². The molecule has 5 aliphatic rings. The first-order valence-corrected chi connectivity index (χ1v) is 10.3. The van der Waals surface area contributed by atoms with E-state index in [1.807, 2.05) is 0 Å². The Labute approximate surface area is 155 Å². The van der Waals surface area contributed by atoms with Crippen LogP contribution in [-0.2, 0) is 9.53 Å². The van der Waals surface area contributed by atoms with Crippen molar-refractivity contribution in [3.05, 3.63) is 23.8 Å². The van der Waals surface area contributed by atoms with Crippen molar-refractivity contribution in [3.63, 3.8) is 0 Å². The van der Waals surface area contributed by atoms with Gasteiger partial charge in [-0.3, -0.25) is 4.79 Å². The molecule has 0 aromatic carbocycles. The van der Waals surface area contributed by atoms with Gasteiger partial charge in [-0.15, -0.1) is 0 Å². The van der Waals surface area contributed by atoms with Gasteiger partial charge in [-0.1, -0.05) is 31.2 Å². The lowest BCUT2D eigenvalue weighted by atomic mass is 9.48. The number of hydrogen-bond donors (Lipinski definition) is 1. The molecule has 1 saturated heterocycles. The molecule has 1 spiro atoms. The maximum Gasteiger partial charge on any atom is 0.306 e. The van der Waals surface area contributed by atoms with Gasteiger partial charge >= 0.3 is 5.97 Å². The van der Waals surface area contributed by atoms with E-state index in [9.17, 15) is 10.0 Å². The van der Waals surface area contributed by atoms with Crippen LogP contribution in [0.15, 0.2) is 29.0 Å². The van der Waals surface area contributed by atoms with Crippen molar-refractivity contribution >= 4 is 11.7 Å². The predicted molar refractivity (Wildman–Crippen MR) is 98.9 cm³/mol. The van der Waals surface area contributed by atoms with Gasteiger partial charge in [-0.05, 0) is 79.8 Å². The highest BCUT2D eigenvalue weighted by atomic mass is 16.6. The van der Waals surface area contributed by atoms with Crippen LogP contribution in [0, 0.1) is 28.6 Å². The second kappa shape index (κ2) is 5.24. The van der Waals surface area contributed by atoms with E-state index < -0.39 is 0 Å². The molecule has 140 valence electrons. The van der Waals surface area contributed by atoms with Crippen molar-refractivity contribution in [2.24, 2.45) is 33.7 Å². The zero-order valence-corrected chi connectivity index (χ0v) is 15.8. The summed E-state index contributed by atoms with van der Waals surface area (Å²) in [5.41, 5.74) is 2.24. The third-order valence-corrected chi connectivity index (χ3v) is 8.99. The van der Waals surface area contributed by atoms with Crippen LogP contribution in [0.25, 0.3) is 0 Å². The van der Waals surface area contributed by atoms with E-state index in [1.165, 1.54) is 18.4 Å². The number of rotatable bonds is 0. The highest BCUT2D eigenvalue weighted by molar-refractivity contribution is 5.96. The number of nitrogens with zero attached hydrogens (tertiary/aromatic N) is 1. The molecule has 26 heavy (non-hydrogen) atoms. The number of ether oxygens (including phenoxy) is 1. The third kappa shape index (κ3) is 1.91. The number of carbonyl (C=O) groups is 1. The highest BCUT2D eigenvalue weighted by Gasteiger charge is 2.66. The molecule has 0 radical (unpaired) electrons. The molecule has 3 fully saturated rings. The Kier molecular flexibility index (Phi) is 3.34. The molecule has 5 rings (SSSR count). The standard InChI is InChI=1S/C22H29NO3/c1-20-9-5-15(23-25)13-14(20)3-4-16-17(20)6-10-21(2)18(16)7-11-22(21)12-8-19(24)26-22/h3-4,13,16-18,25H,5-12H2,1-2H3/b23-15+/t16-,17+,18+,20+,21+,22+/m0/s1. The van der Waals surface area contributed by atoms with Gasteiger partial charge in [0.1, 0.15) is 5.60 Å². The summed E-state index contributed by atoms with van der Waals surface area (Å²) < 4.78 is 6.00. The Morgan fingerprint density at radius 1 is 1.12 bits per heavy atom. The van der Waals surface area contributed by atoms with Crippen LogP contribution in [0.1, 0.15) is 65.2 Å². The molecule has 1 aliphatic heterocycles. The molecular weight excluding hydrogens is 326 g/mol. The largest absolute Gasteiger partial charge is 0.458 e. The van der Waals surface area contributed by atoms with Crippen LogP contribution in [0.4, 0.5) is 0 Å². The van der Waals surface area contributed by atoms with E-state index in [-0.39, 0.29) is 22.4 Å². The molecule has 4 aliphatic carbocycles. The van der Waals surface area contributed by atoms with Gasteiger partial charge < -0.3 is 9.94 Å². The predicted octanol–water partition coefficient (Wildman–Crippen LogP) is 4.63. The van der Waals surface area contributed by atoms with Crippen molar-refractivity contribution in [2.45, 2.75) is 70.8 Å². The number of allylic oxidation sites excluding steroid dienone is 4.